The van der Waals surface area contributed by atoms with E-state index >= 15 is 0 Å². The summed E-state index contributed by atoms with van der Waals surface area (Å²) in [6.45, 7) is 5.15. The Bertz CT molecular complexity index is 894. The molecule has 3 aromatic rings. The molecular weight excluding hydrogens is 362 g/mol. The van der Waals surface area contributed by atoms with Crippen molar-refractivity contribution in [3.05, 3.63) is 71.1 Å². The minimum atomic E-state index is 0.119. The number of nitrogens with zero attached hydrogens (tertiary/aromatic N) is 3. The molecule has 0 saturated heterocycles. The van der Waals surface area contributed by atoms with Crippen LogP contribution in [-0.2, 0) is 6.54 Å². The molecule has 27 heavy (non-hydrogen) atoms. The molecule has 0 aliphatic rings. The van der Waals surface area contributed by atoms with Crippen molar-refractivity contribution in [3.63, 3.8) is 0 Å². The van der Waals surface area contributed by atoms with Crippen molar-refractivity contribution in [3.8, 4) is 11.4 Å². The normalized spacial score (nSPS) is 12.6. The minimum Gasteiger partial charge on any atom is -0.357 e. The maximum Gasteiger partial charge on any atom is 0.248 e. The second kappa shape index (κ2) is 9.19. The van der Waals surface area contributed by atoms with Crippen LogP contribution in [0.4, 0.5) is 0 Å². The van der Waals surface area contributed by atoms with Gasteiger partial charge in [0, 0.05) is 17.1 Å². The first-order valence-electron chi connectivity index (χ1n) is 8.84. The first-order valence-corrected chi connectivity index (χ1v) is 9.22. The van der Waals surface area contributed by atoms with Gasteiger partial charge in [0.15, 0.2) is 5.96 Å². The Balaban J connectivity index is 1.68. The fourth-order valence-electron chi connectivity index (χ4n) is 2.56. The molecule has 0 amide bonds. The molecule has 6 nitrogen and oxygen atoms in total. The Morgan fingerprint density at radius 1 is 1.19 bits per heavy atom. The molecule has 1 aromatic heterocycles. The van der Waals surface area contributed by atoms with E-state index in [1.807, 2.05) is 37.3 Å². The largest absolute Gasteiger partial charge is 0.357 e. The summed E-state index contributed by atoms with van der Waals surface area (Å²) in [5.74, 6) is 1.63. The highest BCUT2D eigenvalue weighted by Crippen LogP contribution is 2.20. The number of nitrogens with one attached hydrogen (secondary N) is 2. The average molecular weight is 384 g/mol. The number of aromatic nitrogens is 2. The summed E-state index contributed by atoms with van der Waals surface area (Å²) in [6.07, 6.45) is 0. The molecule has 1 atom stereocenters. The van der Waals surface area contributed by atoms with Gasteiger partial charge in [-0.3, -0.25) is 0 Å². The predicted molar refractivity (Wildman–Crippen MR) is 108 cm³/mol. The van der Waals surface area contributed by atoms with E-state index in [9.17, 15) is 0 Å². The van der Waals surface area contributed by atoms with Crippen LogP contribution in [0.15, 0.2) is 64.1 Å². The van der Waals surface area contributed by atoms with E-state index < -0.39 is 0 Å². The Labute approximate surface area is 163 Å². The van der Waals surface area contributed by atoms with E-state index in [-0.39, 0.29) is 12.6 Å². The van der Waals surface area contributed by atoms with E-state index in [0.29, 0.717) is 22.7 Å². The summed E-state index contributed by atoms with van der Waals surface area (Å²) in [4.78, 5) is 8.94. The van der Waals surface area contributed by atoms with E-state index in [1.54, 1.807) is 12.1 Å². The van der Waals surface area contributed by atoms with Crippen LogP contribution in [0.5, 0.6) is 0 Å². The van der Waals surface area contributed by atoms with Gasteiger partial charge in [-0.1, -0.05) is 59.2 Å². The molecule has 0 aliphatic carbocycles. The zero-order valence-electron chi connectivity index (χ0n) is 15.3. The number of aliphatic imine (C=N–C) groups is 1. The van der Waals surface area contributed by atoms with Crippen LogP contribution < -0.4 is 10.6 Å². The van der Waals surface area contributed by atoms with Gasteiger partial charge in [0.1, 0.15) is 6.54 Å². The van der Waals surface area contributed by atoms with Crippen molar-refractivity contribution in [2.24, 2.45) is 4.99 Å². The number of guanidine groups is 1. The van der Waals surface area contributed by atoms with E-state index in [2.05, 4.69) is 44.8 Å². The van der Waals surface area contributed by atoms with Crippen molar-refractivity contribution in [2.45, 2.75) is 26.4 Å². The predicted octanol–water partition coefficient (Wildman–Crippen LogP) is 4.21. The Morgan fingerprint density at radius 3 is 2.74 bits per heavy atom. The highest BCUT2D eigenvalue weighted by atomic mass is 35.5. The fourth-order valence-corrected chi connectivity index (χ4v) is 2.75. The molecule has 0 bridgehead atoms. The van der Waals surface area contributed by atoms with Gasteiger partial charge in [-0.2, -0.15) is 4.98 Å². The van der Waals surface area contributed by atoms with Crippen molar-refractivity contribution < 1.29 is 4.52 Å². The molecule has 1 heterocycles. The first-order chi connectivity index (χ1) is 13.2. The van der Waals surface area contributed by atoms with Crippen LogP contribution in [0.3, 0.4) is 0 Å². The topological polar surface area (TPSA) is 75.3 Å². The molecule has 2 aromatic carbocycles. The van der Waals surface area contributed by atoms with Gasteiger partial charge in [0.2, 0.25) is 11.7 Å². The van der Waals surface area contributed by atoms with Crippen LogP contribution in [0.25, 0.3) is 11.4 Å². The van der Waals surface area contributed by atoms with Gasteiger partial charge < -0.3 is 15.2 Å². The zero-order valence-corrected chi connectivity index (χ0v) is 16.1. The maximum absolute atomic E-state index is 6.01. The maximum atomic E-state index is 6.01. The summed E-state index contributed by atoms with van der Waals surface area (Å²) in [5.41, 5.74) is 1.99. The summed E-state index contributed by atoms with van der Waals surface area (Å²) in [5, 5.41) is 11.2. The lowest BCUT2D eigenvalue weighted by Crippen LogP contribution is -2.38. The van der Waals surface area contributed by atoms with Crippen molar-refractivity contribution in [1.82, 2.24) is 20.8 Å². The molecule has 0 saturated carbocycles. The second-order valence-electron chi connectivity index (χ2n) is 5.99. The lowest BCUT2D eigenvalue weighted by Gasteiger charge is -2.17. The lowest BCUT2D eigenvalue weighted by atomic mass is 10.1. The number of hydrogen-bond donors (Lipinski definition) is 2. The quantitative estimate of drug-likeness (QED) is 0.492. The van der Waals surface area contributed by atoms with E-state index in [0.717, 1.165) is 12.1 Å². The molecule has 1 unspecified atom stereocenters. The van der Waals surface area contributed by atoms with Crippen LogP contribution in [-0.4, -0.2) is 22.6 Å². The summed E-state index contributed by atoms with van der Waals surface area (Å²) in [6, 6.07) is 17.7. The third kappa shape index (κ3) is 5.31. The van der Waals surface area contributed by atoms with Gasteiger partial charge in [0.05, 0.1) is 6.04 Å². The summed E-state index contributed by atoms with van der Waals surface area (Å²) < 4.78 is 5.31. The fraction of sp³-hybridized carbons (Fsp3) is 0.250. The second-order valence-corrected chi connectivity index (χ2v) is 6.43. The number of rotatable bonds is 6. The summed E-state index contributed by atoms with van der Waals surface area (Å²) >= 11 is 6.01. The van der Waals surface area contributed by atoms with Gasteiger partial charge in [-0.25, -0.2) is 4.99 Å². The van der Waals surface area contributed by atoms with Crippen LogP contribution in [0.1, 0.15) is 31.3 Å². The standard InChI is InChI=1S/C20H22ClN5O/c1-3-22-20(24-14(2)15-8-5-4-6-9-15)23-13-18-25-19(26-27-18)16-10-7-11-17(21)12-16/h4-12,14H,3,13H2,1-2H3,(H2,22,23,24). The van der Waals surface area contributed by atoms with Crippen molar-refractivity contribution in [2.75, 3.05) is 6.54 Å². The summed E-state index contributed by atoms with van der Waals surface area (Å²) in [7, 11) is 0. The SMILES string of the molecule is CCNC(=NCc1nc(-c2cccc(Cl)c2)no1)NC(C)c1ccccc1. The Morgan fingerprint density at radius 2 is 2.00 bits per heavy atom. The first kappa shape index (κ1) is 18.9. The number of hydrogen-bond acceptors (Lipinski definition) is 4. The Kier molecular flexibility index (Phi) is 6.44. The monoisotopic (exact) mass is 383 g/mol. The van der Waals surface area contributed by atoms with Gasteiger partial charge in [-0.05, 0) is 31.5 Å². The molecule has 3 rings (SSSR count). The number of benzene rings is 2. The third-order valence-corrected chi connectivity index (χ3v) is 4.16. The molecule has 7 heteroatoms. The van der Waals surface area contributed by atoms with Crippen molar-refractivity contribution in [1.29, 1.82) is 0 Å². The average Bonchev–Trinajstić information content (AvgIpc) is 3.16. The van der Waals surface area contributed by atoms with E-state index in [4.69, 9.17) is 16.1 Å². The van der Waals surface area contributed by atoms with Crippen LogP contribution in [0.2, 0.25) is 5.02 Å². The van der Waals surface area contributed by atoms with Crippen LogP contribution in [0, 0.1) is 0 Å². The van der Waals surface area contributed by atoms with Gasteiger partial charge in [0.25, 0.3) is 0 Å². The van der Waals surface area contributed by atoms with Crippen LogP contribution >= 0.6 is 11.6 Å². The molecule has 140 valence electrons. The lowest BCUT2D eigenvalue weighted by molar-refractivity contribution is 0.380. The molecule has 0 fully saturated rings. The highest BCUT2D eigenvalue weighted by molar-refractivity contribution is 6.30. The molecule has 2 N–H and O–H groups in total. The smallest absolute Gasteiger partial charge is 0.248 e. The highest BCUT2D eigenvalue weighted by Gasteiger charge is 2.10. The van der Waals surface area contributed by atoms with Gasteiger partial charge >= 0.3 is 0 Å². The minimum absolute atomic E-state index is 0.119. The third-order valence-electron chi connectivity index (χ3n) is 3.92. The van der Waals surface area contributed by atoms with Crippen molar-refractivity contribution >= 4 is 17.6 Å². The molecule has 0 spiro atoms. The zero-order chi connectivity index (χ0) is 19.1. The van der Waals surface area contributed by atoms with Gasteiger partial charge in [-0.15, -0.1) is 0 Å². The number of halogens is 1. The van der Waals surface area contributed by atoms with E-state index in [1.165, 1.54) is 5.56 Å². The molecule has 0 radical (unpaired) electrons. The molecular formula is C20H22ClN5O. The Hall–Kier alpha value is -2.86. The molecule has 0 aliphatic heterocycles.